The molecule has 0 unspecified atom stereocenters. The van der Waals surface area contributed by atoms with Gasteiger partial charge in [-0.25, -0.2) is 14.8 Å². The summed E-state index contributed by atoms with van der Waals surface area (Å²) in [4.78, 5) is 16.4. The molecule has 0 amide bonds. The minimum atomic E-state index is -1.41. The first-order valence-electron chi connectivity index (χ1n) is 2.41. The van der Waals surface area contributed by atoms with E-state index in [0.717, 1.165) is 12.4 Å². The third kappa shape index (κ3) is 1.07. The summed E-state index contributed by atoms with van der Waals surface area (Å²) in [6, 6.07) is 0. The van der Waals surface area contributed by atoms with Crippen molar-refractivity contribution in [2.24, 2.45) is 0 Å². The highest BCUT2D eigenvalue weighted by atomic mass is 19.1. The lowest BCUT2D eigenvalue weighted by Crippen LogP contribution is -2.04. The lowest BCUT2D eigenvalue weighted by atomic mass is 10.4. The molecule has 4 nitrogen and oxygen atoms in total. The summed E-state index contributed by atoms with van der Waals surface area (Å²) in [6.45, 7) is 0. The molecular weight excluding hydrogens is 139 g/mol. The second-order valence-electron chi connectivity index (χ2n) is 1.50. The van der Waals surface area contributed by atoms with Crippen molar-refractivity contribution in [1.82, 2.24) is 9.97 Å². The molecular formula is C5H3FN2O2. The Kier molecular flexibility index (Phi) is 1.57. The van der Waals surface area contributed by atoms with Gasteiger partial charge < -0.3 is 5.11 Å². The van der Waals surface area contributed by atoms with Crippen molar-refractivity contribution in [3.05, 3.63) is 24.0 Å². The van der Waals surface area contributed by atoms with Crippen molar-refractivity contribution < 1.29 is 14.3 Å². The standard InChI is InChI=1S/C5H3FN2O2/c6-4-3(5(9)10)7-1-2-8-4/h1-2H,(H,9,10). The number of rotatable bonds is 1. The quantitative estimate of drug-likeness (QED) is 0.613. The predicted octanol–water partition coefficient (Wildman–Crippen LogP) is 0.314. The summed E-state index contributed by atoms with van der Waals surface area (Å²) >= 11 is 0. The zero-order chi connectivity index (χ0) is 7.56. The maximum Gasteiger partial charge on any atom is 0.359 e. The molecule has 0 bridgehead atoms. The lowest BCUT2D eigenvalue weighted by Gasteiger charge is -1.90. The van der Waals surface area contributed by atoms with Gasteiger partial charge in [0, 0.05) is 12.4 Å². The molecule has 1 N–H and O–H groups in total. The van der Waals surface area contributed by atoms with Gasteiger partial charge in [-0.3, -0.25) is 0 Å². The average molecular weight is 142 g/mol. The van der Waals surface area contributed by atoms with E-state index in [-0.39, 0.29) is 0 Å². The van der Waals surface area contributed by atoms with Crippen LogP contribution in [0.3, 0.4) is 0 Å². The van der Waals surface area contributed by atoms with E-state index in [1.54, 1.807) is 0 Å². The molecule has 0 aromatic carbocycles. The molecule has 0 atom stereocenters. The van der Waals surface area contributed by atoms with Crippen molar-refractivity contribution in [2.45, 2.75) is 0 Å². The van der Waals surface area contributed by atoms with Gasteiger partial charge in [-0.05, 0) is 0 Å². The van der Waals surface area contributed by atoms with Crippen molar-refractivity contribution in [2.75, 3.05) is 0 Å². The fourth-order valence-corrected chi connectivity index (χ4v) is 0.465. The van der Waals surface area contributed by atoms with Gasteiger partial charge >= 0.3 is 5.97 Å². The minimum Gasteiger partial charge on any atom is -0.476 e. The summed E-state index contributed by atoms with van der Waals surface area (Å²) in [5.41, 5.74) is -0.650. The molecule has 0 fully saturated rings. The van der Waals surface area contributed by atoms with Crippen molar-refractivity contribution in [3.8, 4) is 0 Å². The Hall–Kier alpha value is -1.52. The highest BCUT2D eigenvalue weighted by Crippen LogP contribution is 1.96. The molecule has 5 heteroatoms. The first kappa shape index (κ1) is 6.60. The summed E-state index contributed by atoms with van der Waals surface area (Å²) < 4.78 is 12.3. The molecule has 10 heavy (non-hydrogen) atoms. The van der Waals surface area contributed by atoms with Crippen LogP contribution in [0.4, 0.5) is 4.39 Å². The SMILES string of the molecule is O=C(O)c1nccnc1F. The van der Waals surface area contributed by atoms with Gasteiger partial charge in [-0.15, -0.1) is 0 Å². The molecule has 0 spiro atoms. The molecule has 1 aromatic heterocycles. The zero-order valence-electron chi connectivity index (χ0n) is 4.78. The fourth-order valence-electron chi connectivity index (χ4n) is 0.465. The van der Waals surface area contributed by atoms with Crippen molar-refractivity contribution in [3.63, 3.8) is 0 Å². The monoisotopic (exact) mass is 142 g/mol. The first-order valence-corrected chi connectivity index (χ1v) is 2.41. The average Bonchev–Trinajstić information content (AvgIpc) is 1.88. The van der Waals surface area contributed by atoms with E-state index in [0.29, 0.717) is 0 Å². The van der Waals surface area contributed by atoms with E-state index in [1.807, 2.05) is 0 Å². The summed E-state index contributed by atoms with van der Waals surface area (Å²) in [5.74, 6) is -2.47. The first-order chi connectivity index (χ1) is 4.72. The predicted molar refractivity (Wildman–Crippen MR) is 28.9 cm³/mol. The van der Waals surface area contributed by atoms with E-state index >= 15 is 0 Å². The second-order valence-corrected chi connectivity index (χ2v) is 1.50. The van der Waals surface area contributed by atoms with Gasteiger partial charge in [0.1, 0.15) is 0 Å². The molecule has 1 rings (SSSR count). The molecule has 1 aromatic rings. The smallest absolute Gasteiger partial charge is 0.359 e. The van der Waals surface area contributed by atoms with Gasteiger partial charge in [0.15, 0.2) is 0 Å². The third-order valence-corrected chi connectivity index (χ3v) is 0.856. The van der Waals surface area contributed by atoms with Crippen LogP contribution in [0.2, 0.25) is 0 Å². The van der Waals surface area contributed by atoms with Gasteiger partial charge in [0.2, 0.25) is 11.6 Å². The molecule has 0 aliphatic heterocycles. The Balaban J connectivity index is 3.15. The fraction of sp³-hybridized carbons (Fsp3) is 0. The zero-order valence-corrected chi connectivity index (χ0v) is 4.78. The summed E-state index contributed by atoms with van der Waals surface area (Å²) in [7, 11) is 0. The van der Waals surface area contributed by atoms with Crippen molar-refractivity contribution >= 4 is 5.97 Å². The Morgan fingerprint density at radius 1 is 1.50 bits per heavy atom. The molecule has 0 radical (unpaired) electrons. The van der Waals surface area contributed by atoms with E-state index in [4.69, 9.17) is 5.11 Å². The lowest BCUT2D eigenvalue weighted by molar-refractivity contribution is 0.0683. The van der Waals surface area contributed by atoms with Crippen LogP contribution in [-0.2, 0) is 0 Å². The van der Waals surface area contributed by atoms with Crippen LogP contribution in [0.1, 0.15) is 10.5 Å². The molecule has 1 heterocycles. The Morgan fingerprint density at radius 3 is 2.50 bits per heavy atom. The highest BCUT2D eigenvalue weighted by molar-refractivity contribution is 5.84. The number of hydrogen-bond acceptors (Lipinski definition) is 3. The van der Waals surface area contributed by atoms with Crippen LogP contribution >= 0.6 is 0 Å². The number of halogens is 1. The molecule has 0 aliphatic rings. The number of carboxylic acid groups (broad SMARTS) is 1. The van der Waals surface area contributed by atoms with Gasteiger partial charge in [0.25, 0.3) is 0 Å². The summed E-state index contributed by atoms with van der Waals surface area (Å²) in [6.07, 6.45) is 2.20. The number of hydrogen-bond donors (Lipinski definition) is 1. The van der Waals surface area contributed by atoms with Gasteiger partial charge in [0.05, 0.1) is 0 Å². The maximum absolute atomic E-state index is 12.3. The third-order valence-electron chi connectivity index (χ3n) is 0.856. The van der Waals surface area contributed by atoms with Crippen LogP contribution in [0, 0.1) is 5.95 Å². The van der Waals surface area contributed by atoms with E-state index < -0.39 is 17.6 Å². The topological polar surface area (TPSA) is 63.1 Å². The highest BCUT2D eigenvalue weighted by Gasteiger charge is 2.10. The van der Waals surface area contributed by atoms with Crippen LogP contribution < -0.4 is 0 Å². The molecule has 0 aliphatic carbocycles. The normalized spacial score (nSPS) is 9.30. The van der Waals surface area contributed by atoms with Gasteiger partial charge in [-0.2, -0.15) is 4.39 Å². The molecule has 0 saturated carbocycles. The van der Waals surface area contributed by atoms with E-state index in [9.17, 15) is 9.18 Å². The van der Waals surface area contributed by atoms with Crippen LogP contribution in [0.25, 0.3) is 0 Å². The number of aromatic nitrogens is 2. The Morgan fingerprint density at radius 2 is 2.10 bits per heavy atom. The Labute approximate surface area is 55.4 Å². The molecule has 0 saturated heterocycles. The largest absolute Gasteiger partial charge is 0.476 e. The van der Waals surface area contributed by atoms with Crippen molar-refractivity contribution in [1.29, 1.82) is 0 Å². The number of carbonyl (C=O) groups is 1. The number of nitrogens with zero attached hydrogens (tertiary/aromatic N) is 2. The maximum atomic E-state index is 12.3. The Bertz CT molecular complexity index is 264. The minimum absolute atomic E-state index is 0.650. The summed E-state index contributed by atoms with van der Waals surface area (Å²) in [5, 5.41) is 8.22. The van der Waals surface area contributed by atoms with Gasteiger partial charge in [-0.1, -0.05) is 0 Å². The van der Waals surface area contributed by atoms with E-state index in [1.165, 1.54) is 0 Å². The van der Waals surface area contributed by atoms with Crippen LogP contribution in [0.5, 0.6) is 0 Å². The number of carboxylic acids is 1. The van der Waals surface area contributed by atoms with E-state index in [2.05, 4.69) is 9.97 Å². The van der Waals surface area contributed by atoms with Crippen LogP contribution in [-0.4, -0.2) is 21.0 Å². The number of aromatic carboxylic acids is 1. The molecule has 52 valence electrons. The second kappa shape index (κ2) is 2.38. The van der Waals surface area contributed by atoms with Crippen LogP contribution in [0.15, 0.2) is 12.4 Å².